The molecule has 2 rings (SSSR count). The van der Waals surface area contributed by atoms with E-state index in [0.717, 1.165) is 17.3 Å². The molecule has 1 aromatic rings. The zero-order valence-corrected chi connectivity index (χ0v) is 14.2. The highest BCUT2D eigenvalue weighted by atomic mass is 79.9. The monoisotopic (exact) mass is 353 g/mol. The van der Waals surface area contributed by atoms with E-state index >= 15 is 0 Å². The summed E-state index contributed by atoms with van der Waals surface area (Å²) in [6.07, 6.45) is 1.85. The number of nitrogens with zero attached hydrogens (tertiary/aromatic N) is 1. The van der Waals surface area contributed by atoms with Crippen molar-refractivity contribution in [3.63, 3.8) is 0 Å². The summed E-state index contributed by atoms with van der Waals surface area (Å²) in [7, 11) is 0. The molecule has 1 amide bonds. The molecule has 0 aromatic heterocycles. The van der Waals surface area contributed by atoms with Gasteiger partial charge in [-0.3, -0.25) is 9.69 Å². The van der Waals surface area contributed by atoms with Crippen LogP contribution in [-0.4, -0.2) is 29.4 Å². The molecule has 5 heteroatoms. The van der Waals surface area contributed by atoms with Crippen LogP contribution in [0.5, 0.6) is 0 Å². The maximum absolute atomic E-state index is 11.5. The third-order valence-corrected chi connectivity index (χ3v) is 4.87. The molecule has 4 N–H and O–H groups in total. The largest absolute Gasteiger partial charge is 0.369 e. The number of benzene rings is 1. The Bertz CT molecular complexity index is 506. The smallest absolute Gasteiger partial charge is 0.221 e. The number of primary amides is 1. The minimum Gasteiger partial charge on any atom is -0.369 e. The van der Waals surface area contributed by atoms with Crippen molar-refractivity contribution < 1.29 is 4.79 Å². The van der Waals surface area contributed by atoms with Crippen LogP contribution in [0.25, 0.3) is 0 Å². The lowest BCUT2D eigenvalue weighted by Gasteiger charge is -2.43. The maximum Gasteiger partial charge on any atom is 0.221 e. The van der Waals surface area contributed by atoms with Crippen molar-refractivity contribution in [2.45, 2.75) is 44.8 Å². The second-order valence-electron chi connectivity index (χ2n) is 6.08. The molecule has 4 atom stereocenters. The van der Waals surface area contributed by atoms with Crippen LogP contribution in [-0.2, 0) is 4.79 Å². The molecule has 4 nitrogen and oxygen atoms in total. The molecular weight excluding hydrogens is 330 g/mol. The number of amides is 1. The molecular formula is C16H24BrN3O. The topological polar surface area (TPSA) is 72.3 Å². The lowest BCUT2D eigenvalue weighted by atomic mass is 9.88. The molecule has 116 valence electrons. The predicted molar refractivity (Wildman–Crippen MR) is 88.6 cm³/mol. The number of nitrogens with two attached hydrogens (primary N) is 2. The Hall–Kier alpha value is -0.910. The quantitative estimate of drug-likeness (QED) is 0.872. The molecule has 1 heterocycles. The van der Waals surface area contributed by atoms with Gasteiger partial charge in [0.2, 0.25) is 5.91 Å². The van der Waals surface area contributed by atoms with Crippen LogP contribution in [0.1, 0.15) is 38.3 Å². The van der Waals surface area contributed by atoms with Gasteiger partial charge in [-0.15, -0.1) is 0 Å². The number of piperidine rings is 1. The van der Waals surface area contributed by atoms with Crippen LogP contribution in [0.2, 0.25) is 0 Å². The Morgan fingerprint density at radius 3 is 2.71 bits per heavy atom. The summed E-state index contributed by atoms with van der Waals surface area (Å²) in [5.74, 6) is -0.279. The van der Waals surface area contributed by atoms with Gasteiger partial charge >= 0.3 is 0 Å². The van der Waals surface area contributed by atoms with Crippen LogP contribution < -0.4 is 11.5 Å². The molecule has 0 saturated carbocycles. The lowest BCUT2D eigenvalue weighted by Crippen LogP contribution is -2.51. The van der Waals surface area contributed by atoms with Gasteiger partial charge in [0.25, 0.3) is 0 Å². The summed E-state index contributed by atoms with van der Waals surface area (Å²) in [6.45, 7) is 4.91. The second-order valence-corrected chi connectivity index (χ2v) is 7.00. The molecule has 0 radical (unpaired) electrons. The average Bonchev–Trinajstić information content (AvgIpc) is 2.40. The molecule has 1 saturated heterocycles. The third kappa shape index (κ3) is 3.84. The molecule has 0 spiro atoms. The first-order valence-electron chi connectivity index (χ1n) is 7.46. The van der Waals surface area contributed by atoms with E-state index in [9.17, 15) is 4.79 Å². The molecule has 21 heavy (non-hydrogen) atoms. The fraction of sp³-hybridized carbons (Fsp3) is 0.562. The van der Waals surface area contributed by atoms with Gasteiger partial charge in [0.15, 0.2) is 0 Å². The summed E-state index contributed by atoms with van der Waals surface area (Å²) in [6, 6.07) is 8.71. The fourth-order valence-electron chi connectivity index (χ4n) is 3.24. The van der Waals surface area contributed by atoms with Crippen molar-refractivity contribution >= 4 is 21.8 Å². The van der Waals surface area contributed by atoms with E-state index < -0.39 is 0 Å². The fourth-order valence-corrected chi connectivity index (χ4v) is 3.66. The van der Waals surface area contributed by atoms with Crippen molar-refractivity contribution in [2.75, 3.05) is 6.54 Å². The Balaban J connectivity index is 2.30. The van der Waals surface area contributed by atoms with Crippen molar-refractivity contribution in [1.29, 1.82) is 0 Å². The van der Waals surface area contributed by atoms with E-state index in [-0.39, 0.29) is 23.9 Å². The number of halogens is 1. The van der Waals surface area contributed by atoms with Gasteiger partial charge in [0, 0.05) is 29.1 Å². The predicted octanol–water partition coefficient (Wildman–Crippen LogP) is 2.42. The first kappa shape index (κ1) is 16.5. The molecule has 1 aliphatic heterocycles. The normalized spacial score (nSPS) is 26.3. The maximum atomic E-state index is 11.5. The summed E-state index contributed by atoms with van der Waals surface area (Å²) >= 11 is 3.52. The van der Waals surface area contributed by atoms with Gasteiger partial charge in [0.1, 0.15) is 0 Å². The highest BCUT2D eigenvalue weighted by Gasteiger charge is 2.35. The van der Waals surface area contributed by atoms with Crippen LogP contribution in [0.15, 0.2) is 28.7 Å². The highest BCUT2D eigenvalue weighted by molar-refractivity contribution is 9.10. The number of hydrogen-bond acceptors (Lipinski definition) is 3. The molecule has 0 aliphatic carbocycles. The summed E-state index contributed by atoms with van der Waals surface area (Å²) < 4.78 is 1.04. The van der Waals surface area contributed by atoms with Gasteiger partial charge in [-0.05, 0) is 44.4 Å². The lowest BCUT2D eigenvalue weighted by molar-refractivity contribution is -0.124. The van der Waals surface area contributed by atoms with Gasteiger partial charge in [0.05, 0.1) is 5.92 Å². The first-order valence-corrected chi connectivity index (χ1v) is 8.25. The van der Waals surface area contributed by atoms with Crippen molar-refractivity contribution in [3.8, 4) is 0 Å². The van der Waals surface area contributed by atoms with Crippen LogP contribution in [0, 0.1) is 5.92 Å². The highest BCUT2D eigenvalue weighted by Crippen LogP contribution is 2.33. The molecule has 4 unspecified atom stereocenters. The van der Waals surface area contributed by atoms with Gasteiger partial charge in [-0.25, -0.2) is 0 Å². The number of hydrogen-bond donors (Lipinski definition) is 2. The van der Waals surface area contributed by atoms with Crippen molar-refractivity contribution in [1.82, 2.24) is 4.90 Å². The minimum absolute atomic E-state index is 0.0200. The summed E-state index contributed by atoms with van der Waals surface area (Å²) in [5, 5.41) is 0. The van der Waals surface area contributed by atoms with Gasteiger partial charge < -0.3 is 11.5 Å². The SMILES string of the molecule is CC(N)C(c1cccc(Br)c1)N1CC(C(N)=O)CCC1C. The summed E-state index contributed by atoms with van der Waals surface area (Å²) in [5.41, 5.74) is 12.9. The summed E-state index contributed by atoms with van der Waals surface area (Å²) in [4.78, 5) is 13.9. The average molecular weight is 354 g/mol. The van der Waals surface area contributed by atoms with Crippen LogP contribution in [0.4, 0.5) is 0 Å². The first-order chi connectivity index (χ1) is 9.90. The van der Waals surface area contributed by atoms with E-state index in [1.54, 1.807) is 0 Å². The zero-order chi connectivity index (χ0) is 15.6. The standard InChI is InChI=1S/C16H24BrN3O/c1-10-6-7-13(16(19)21)9-20(10)15(11(2)18)12-4-3-5-14(17)8-12/h3-5,8,10-11,13,15H,6-7,9,18H2,1-2H3,(H2,19,21). The number of likely N-dealkylation sites (tertiary alicyclic amines) is 1. The van der Waals surface area contributed by atoms with E-state index in [1.807, 2.05) is 19.1 Å². The molecule has 1 aliphatic rings. The molecule has 1 fully saturated rings. The van der Waals surface area contributed by atoms with E-state index in [4.69, 9.17) is 11.5 Å². The molecule has 1 aromatic carbocycles. The Morgan fingerprint density at radius 1 is 1.43 bits per heavy atom. The Kier molecular flexibility index (Phi) is 5.41. The third-order valence-electron chi connectivity index (χ3n) is 4.38. The van der Waals surface area contributed by atoms with Crippen molar-refractivity contribution in [2.24, 2.45) is 17.4 Å². The second kappa shape index (κ2) is 6.90. The zero-order valence-electron chi connectivity index (χ0n) is 12.6. The van der Waals surface area contributed by atoms with E-state index in [1.165, 1.54) is 5.56 Å². The van der Waals surface area contributed by atoms with Crippen LogP contribution in [0.3, 0.4) is 0 Å². The van der Waals surface area contributed by atoms with Gasteiger partial charge in [-0.2, -0.15) is 0 Å². The minimum atomic E-state index is -0.204. The Labute approximate surface area is 135 Å². The van der Waals surface area contributed by atoms with Gasteiger partial charge in [-0.1, -0.05) is 28.1 Å². The Morgan fingerprint density at radius 2 is 2.14 bits per heavy atom. The number of carbonyl (C=O) groups is 1. The van der Waals surface area contributed by atoms with Crippen LogP contribution >= 0.6 is 15.9 Å². The number of rotatable bonds is 4. The molecule has 0 bridgehead atoms. The number of carbonyl (C=O) groups excluding carboxylic acids is 1. The van der Waals surface area contributed by atoms with Crippen molar-refractivity contribution in [3.05, 3.63) is 34.3 Å². The van der Waals surface area contributed by atoms with E-state index in [0.29, 0.717) is 12.6 Å². The van der Waals surface area contributed by atoms with E-state index in [2.05, 4.69) is 39.9 Å².